The third-order valence-corrected chi connectivity index (χ3v) is 5.28. The molecule has 27 heavy (non-hydrogen) atoms. The van der Waals surface area contributed by atoms with Gasteiger partial charge in [0.1, 0.15) is 5.75 Å². The predicted octanol–water partition coefficient (Wildman–Crippen LogP) is 5.02. The quantitative estimate of drug-likeness (QED) is 0.593. The Hall–Kier alpha value is -2.57. The molecule has 0 aliphatic carbocycles. The molecule has 3 aromatic rings. The van der Waals surface area contributed by atoms with Crippen LogP contribution in [0.1, 0.15) is 12.5 Å². The molecule has 0 aliphatic rings. The number of hydrogen-bond donors (Lipinski definition) is 1. The monoisotopic (exact) mass is 396 g/mol. The number of methoxy groups -OCH3 is 1. The lowest BCUT2D eigenvalue weighted by atomic mass is 10.2. The van der Waals surface area contributed by atoms with E-state index in [-0.39, 0.29) is 5.56 Å². The van der Waals surface area contributed by atoms with Crippen LogP contribution >= 0.6 is 24.0 Å². The van der Waals surface area contributed by atoms with Gasteiger partial charge in [-0.2, -0.15) is 0 Å². The third-order valence-electron chi connectivity index (χ3n) is 3.97. The van der Waals surface area contributed by atoms with Crippen LogP contribution in [-0.2, 0) is 0 Å². The summed E-state index contributed by atoms with van der Waals surface area (Å²) in [6.07, 6.45) is 1.74. The van der Waals surface area contributed by atoms with Crippen molar-refractivity contribution in [2.45, 2.75) is 6.92 Å². The first-order valence-corrected chi connectivity index (χ1v) is 9.93. The highest BCUT2D eigenvalue weighted by Gasteiger charge is 2.17. The Morgan fingerprint density at radius 3 is 2.52 bits per heavy atom. The topological polar surface area (TPSA) is 43.3 Å². The van der Waals surface area contributed by atoms with Crippen LogP contribution in [0.25, 0.3) is 5.69 Å². The fourth-order valence-electron chi connectivity index (χ4n) is 2.74. The second-order valence-electron chi connectivity index (χ2n) is 5.66. The average Bonchev–Trinajstić information content (AvgIpc) is 2.69. The van der Waals surface area contributed by atoms with E-state index in [4.69, 9.17) is 17.0 Å². The van der Waals surface area contributed by atoms with Crippen molar-refractivity contribution in [3.05, 3.63) is 82.8 Å². The van der Waals surface area contributed by atoms with Crippen molar-refractivity contribution in [2.24, 2.45) is 0 Å². The molecule has 0 fully saturated rings. The van der Waals surface area contributed by atoms with Crippen molar-refractivity contribution in [2.75, 3.05) is 18.2 Å². The molecular weight excluding hydrogens is 376 g/mol. The molecule has 0 radical (unpaired) electrons. The molecule has 0 saturated carbocycles. The normalized spacial score (nSPS) is 10.4. The smallest absolute Gasteiger partial charge is 0.266 e. The summed E-state index contributed by atoms with van der Waals surface area (Å²) in [5.41, 5.74) is 2.60. The largest absolute Gasteiger partial charge is 0.495 e. The number of benzene rings is 2. The van der Waals surface area contributed by atoms with Gasteiger partial charge >= 0.3 is 0 Å². The van der Waals surface area contributed by atoms with Gasteiger partial charge in [-0.05, 0) is 36.1 Å². The molecule has 0 bridgehead atoms. The van der Waals surface area contributed by atoms with Gasteiger partial charge in [-0.25, -0.2) is 0 Å². The molecule has 0 aliphatic heterocycles. The zero-order valence-electron chi connectivity index (χ0n) is 15.1. The highest BCUT2D eigenvalue weighted by atomic mass is 32.2. The van der Waals surface area contributed by atoms with E-state index in [1.165, 1.54) is 11.8 Å². The summed E-state index contributed by atoms with van der Waals surface area (Å²) in [5, 5.41) is 3.31. The minimum Gasteiger partial charge on any atom is -0.495 e. The maximum Gasteiger partial charge on any atom is 0.266 e. The van der Waals surface area contributed by atoms with E-state index in [0.717, 1.165) is 11.4 Å². The van der Waals surface area contributed by atoms with E-state index >= 15 is 0 Å². The van der Waals surface area contributed by atoms with Gasteiger partial charge in [-0.15, -0.1) is 11.8 Å². The van der Waals surface area contributed by atoms with E-state index in [1.54, 1.807) is 17.9 Å². The summed E-state index contributed by atoms with van der Waals surface area (Å²) < 4.78 is 7.57. The lowest BCUT2D eigenvalue weighted by Gasteiger charge is -2.16. The second-order valence-corrected chi connectivity index (χ2v) is 7.60. The van der Waals surface area contributed by atoms with Gasteiger partial charge in [0, 0.05) is 11.9 Å². The third kappa shape index (κ3) is 4.23. The first-order valence-electron chi connectivity index (χ1n) is 8.54. The van der Waals surface area contributed by atoms with Crippen LogP contribution in [0.2, 0.25) is 0 Å². The predicted molar refractivity (Wildman–Crippen MR) is 118 cm³/mol. The Morgan fingerprint density at radius 1 is 1.11 bits per heavy atom. The molecule has 0 saturated heterocycles. The van der Waals surface area contributed by atoms with E-state index in [1.807, 2.05) is 67.6 Å². The molecule has 138 valence electrons. The Bertz CT molecular complexity index is 1000. The van der Waals surface area contributed by atoms with E-state index in [0.29, 0.717) is 26.9 Å². The Balaban J connectivity index is 2.15. The fraction of sp³-hybridized carbons (Fsp3) is 0.143. The molecule has 1 aromatic heterocycles. The molecule has 0 spiro atoms. The van der Waals surface area contributed by atoms with E-state index < -0.39 is 0 Å². The lowest BCUT2D eigenvalue weighted by molar-refractivity contribution is 0.412. The minimum atomic E-state index is -0.175. The maximum atomic E-state index is 13.3. The van der Waals surface area contributed by atoms with Gasteiger partial charge in [-0.3, -0.25) is 9.36 Å². The summed E-state index contributed by atoms with van der Waals surface area (Å²) in [6, 6.07) is 19.0. The molecule has 1 heterocycles. The number of hydrogen-bond acceptors (Lipinski definition) is 5. The van der Waals surface area contributed by atoms with Crippen LogP contribution in [0.3, 0.4) is 0 Å². The molecule has 0 unspecified atom stereocenters. The number of nitrogens with zero attached hydrogens (tertiary/aromatic N) is 1. The summed E-state index contributed by atoms with van der Waals surface area (Å²) in [5.74, 6) is 1.43. The number of aromatic nitrogens is 1. The number of thioether (sulfide) groups is 1. The van der Waals surface area contributed by atoms with Crippen LogP contribution in [-0.4, -0.2) is 21.6 Å². The maximum absolute atomic E-state index is 13.3. The first kappa shape index (κ1) is 19.2. The van der Waals surface area contributed by atoms with Crippen molar-refractivity contribution in [1.82, 2.24) is 4.57 Å². The molecule has 3 rings (SSSR count). The summed E-state index contributed by atoms with van der Waals surface area (Å²) in [7, 11) is 1.59. The molecule has 6 heteroatoms. The van der Waals surface area contributed by atoms with Crippen molar-refractivity contribution in [3.63, 3.8) is 0 Å². The number of pyridine rings is 1. The highest BCUT2D eigenvalue weighted by molar-refractivity contribution is 8.23. The molecule has 1 N–H and O–H groups in total. The first-order chi connectivity index (χ1) is 13.2. The number of ether oxygens (including phenoxy) is 1. The standard InChI is InChI=1S/C21H20N2O2S2/c1-3-27-21(26)19-16(22-15-9-5-4-6-10-15)13-14-23(20(19)24)17-11-7-8-12-18(17)25-2/h4-14,22H,3H2,1-2H3. The summed E-state index contributed by atoms with van der Waals surface area (Å²) in [6.45, 7) is 2.02. The number of para-hydroxylation sites is 3. The zero-order valence-corrected chi connectivity index (χ0v) is 16.8. The van der Waals surface area contributed by atoms with Gasteiger partial charge in [0.2, 0.25) is 0 Å². The second kappa shape index (κ2) is 8.88. The van der Waals surface area contributed by atoms with Crippen LogP contribution < -0.4 is 15.6 Å². The van der Waals surface area contributed by atoms with Gasteiger partial charge in [0.05, 0.1) is 28.2 Å². The van der Waals surface area contributed by atoms with Crippen molar-refractivity contribution < 1.29 is 4.74 Å². The van der Waals surface area contributed by atoms with Crippen molar-refractivity contribution in [3.8, 4) is 11.4 Å². The van der Waals surface area contributed by atoms with Crippen LogP contribution in [0.5, 0.6) is 5.75 Å². The fourth-order valence-corrected chi connectivity index (χ4v) is 3.89. The summed E-state index contributed by atoms with van der Waals surface area (Å²) >= 11 is 7.04. The zero-order chi connectivity index (χ0) is 19.2. The molecular formula is C21H20N2O2S2. The van der Waals surface area contributed by atoms with E-state index in [9.17, 15) is 4.79 Å². The number of rotatable bonds is 6. The Labute approximate surface area is 168 Å². The van der Waals surface area contributed by atoms with Crippen LogP contribution in [0, 0.1) is 0 Å². The lowest BCUT2D eigenvalue weighted by Crippen LogP contribution is -2.25. The number of anilines is 2. The number of nitrogens with one attached hydrogen (secondary N) is 1. The Kier molecular flexibility index (Phi) is 6.32. The van der Waals surface area contributed by atoms with Gasteiger partial charge in [0.25, 0.3) is 5.56 Å². The highest BCUT2D eigenvalue weighted by Crippen LogP contribution is 2.26. The molecule has 0 atom stereocenters. The van der Waals surface area contributed by atoms with Gasteiger partial charge < -0.3 is 10.1 Å². The van der Waals surface area contributed by atoms with Crippen molar-refractivity contribution >= 4 is 39.6 Å². The summed E-state index contributed by atoms with van der Waals surface area (Å²) in [4.78, 5) is 13.3. The molecule has 4 nitrogen and oxygen atoms in total. The van der Waals surface area contributed by atoms with E-state index in [2.05, 4.69) is 5.32 Å². The van der Waals surface area contributed by atoms with Crippen molar-refractivity contribution in [1.29, 1.82) is 0 Å². The van der Waals surface area contributed by atoms with Gasteiger partial charge in [0.15, 0.2) is 0 Å². The SMILES string of the molecule is CCSC(=S)c1c(Nc2ccccc2)ccn(-c2ccccc2OC)c1=O. The molecule has 0 amide bonds. The minimum absolute atomic E-state index is 0.175. The van der Waals surface area contributed by atoms with Crippen LogP contribution in [0.4, 0.5) is 11.4 Å². The van der Waals surface area contributed by atoms with Crippen LogP contribution in [0.15, 0.2) is 71.7 Å². The molecule has 2 aromatic carbocycles. The average molecular weight is 397 g/mol. The number of thiocarbonyl (C=S) groups is 1. The van der Waals surface area contributed by atoms with Gasteiger partial charge in [-0.1, -0.05) is 49.5 Å². The Morgan fingerprint density at radius 2 is 1.81 bits per heavy atom.